The van der Waals surface area contributed by atoms with Gasteiger partial charge < -0.3 is 15.6 Å². The van der Waals surface area contributed by atoms with Crippen LogP contribution in [-0.2, 0) is 12.0 Å². The standard InChI is InChI=1S/C25H29N5O3/c1-24(2,3)30-14-16-11-25(12-20(31)21(16)28-30)6-8-29(9-7-25)23(33)15-4-5-17-18(22(26)32)13-27-19(17)10-15/h4-5,10,13-14,27H,6-9,11-12H2,1-3H3,(H2,26,32). The molecule has 0 unspecified atom stereocenters. The van der Waals surface area contributed by atoms with Crippen molar-refractivity contribution >= 4 is 28.5 Å². The van der Waals surface area contributed by atoms with Gasteiger partial charge >= 0.3 is 0 Å². The summed E-state index contributed by atoms with van der Waals surface area (Å²) in [7, 11) is 0. The second-order valence-corrected chi connectivity index (χ2v) is 10.5. The number of carbonyl (C=O) groups is 3. The van der Waals surface area contributed by atoms with Crippen LogP contribution in [0.3, 0.4) is 0 Å². The molecule has 1 aromatic carbocycles. The first kappa shape index (κ1) is 21.4. The number of hydrogen-bond donors (Lipinski definition) is 2. The van der Waals surface area contributed by atoms with E-state index in [0.717, 1.165) is 24.8 Å². The molecule has 2 amide bonds. The number of fused-ring (bicyclic) bond motifs is 2. The molecule has 3 heterocycles. The van der Waals surface area contributed by atoms with Crippen molar-refractivity contribution < 1.29 is 14.4 Å². The van der Waals surface area contributed by atoms with Gasteiger partial charge in [0.2, 0.25) is 0 Å². The average molecular weight is 448 g/mol. The Morgan fingerprint density at radius 2 is 1.88 bits per heavy atom. The minimum absolute atomic E-state index is 0.0367. The molecule has 8 nitrogen and oxygen atoms in total. The molecule has 5 rings (SSSR count). The van der Waals surface area contributed by atoms with Gasteiger partial charge in [-0.25, -0.2) is 0 Å². The molecule has 2 aromatic heterocycles. The molecule has 1 spiro atoms. The van der Waals surface area contributed by atoms with E-state index in [2.05, 4.69) is 30.9 Å². The first-order chi connectivity index (χ1) is 15.6. The molecular formula is C25H29N5O3. The predicted octanol–water partition coefficient (Wildman–Crippen LogP) is 3.27. The fraction of sp³-hybridized carbons (Fsp3) is 0.440. The Morgan fingerprint density at radius 3 is 2.55 bits per heavy atom. The second-order valence-electron chi connectivity index (χ2n) is 10.5. The number of ketones is 1. The molecule has 0 radical (unpaired) electrons. The van der Waals surface area contributed by atoms with Crippen molar-refractivity contribution in [2.24, 2.45) is 11.1 Å². The lowest BCUT2D eigenvalue weighted by Crippen LogP contribution is -2.46. The Labute approximate surface area is 192 Å². The van der Waals surface area contributed by atoms with Gasteiger partial charge in [-0.2, -0.15) is 5.10 Å². The zero-order chi connectivity index (χ0) is 23.5. The number of primary amides is 1. The number of nitrogens with zero attached hydrogens (tertiary/aromatic N) is 3. The van der Waals surface area contributed by atoms with E-state index in [1.165, 1.54) is 0 Å². The van der Waals surface area contributed by atoms with Gasteiger partial charge in [-0.3, -0.25) is 19.1 Å². The topological polar surface area (TPSA) is 114 Å². The minimum Gasteiger partial charge on any atom is -0.366 e. The molecule has 8 heteroatoms. The molecule has 3 N–H and O–H groups in total. The van der Waals surface area contributed by atoms with Crippen molar-refractivity contribution in [2.75, 3.05) is 13.1 Å². The lowest BCUT2D eigenvalue weighted by molar-refractivity contribution is 0.0520. The highest BCUT2D eigenvalue weighted by Crippen LogP contribution is 2.43. The molecule has 1 aliphatic carbocycles. The number of carbonyl (C=O) groups excluding carboxylic acids is 3. The zero-order valence-corrected chi connectivity index (χ0v) is 19.3. The van der Waals surface area contributed by atoms with Gasteiger partial charge in [0.1, 0.15) is 5.69 Å². The van der Waals surface area contributed by atoms with Crippen molar-refractivity contribution in [3.8, 4) is 0 Å². The van der Waals surface area contributed by atoms with Crippen LogP contribution >= 0.6 is 0 Å². The van der Waals surface area contributed by atoms with E-state index in [4.69, 9.17) is 5.73 Å². The first-order valence-electron chi connectivity index (χ1n) is 11.4. The van der Waals surface area contributed by atoms with E-state index >= 15 is 0 Å². The maximum Gasteiger partial charge on any atom is 0.253 e. The quantitative estimate of drug-likeness (QED) is 0.627. The molecule has 1 fully saturated rings. The second kappa shape index (κ2) is 7.30. The van der Waals surface area contributed by atoms with Crippen molar-refractivity contribution in [1.29, 1.82) is 0 Å². The first-order valence-corrected chi connectivity index (χ1v) is 11.4. The average Bonchev–Trinajstić information content (AvgIpc) is 3.37. The number of aromatic amines is 1. The Bertz CT molecular complexity index is 1290. The van der Waals surface area contributed by atoms with Crippen molar-refractivity contribution in [3.05, 3.63) is 53.0 Å². The van der Waals surface area contributed by atoms with E-state index in [9.17, 15) is 14.4 Å². The number of Topliss-reactive ketones (excluding diaryl/α,β-unsaturated/α-hetero) is 1. The Morgan fingerprint density at radius 1 is 1.15 bits per heavy atom. The number of benzene rings is 1. The van der Waals surface area contributed by atoms with E-state index in [-0.39, 0.29) is 22.6 Å². The summed E-state index contributed by atoms with van der Waals surface area (Å²) in [6.07, 6.45) is 6.51. The molecule has 2 aliphatic rings. The van der Waals surface area contributed by atoms with E-state index in [0.29, 0.717) is 47.2 Å². The van der Waals surface area contributed by atoms with Crippen molar-refractivity contribution in [1.82, 2.24) is 19.7 Å². The largest absolute Gasteiger partial charge is 0.366 e. The predicted molar refractivity (Wildman–Crippen MR) is 124 cm³/mol. The summed E-state index contributed by atoms with van der Waals surface area (Å²) in [6.45, 7) is 7.47. The number of hydrogen-bond acceptors (Lipinski definition) is 4. The number of nitrogens with two attached hydrogens (primary N) is 1. The van der Waals surface area contributed by atoms with Gasteiger partial charge in [-0.05, 0) is 57.6 Å². The number of piperidine rings is 1. The maximum atomic E-state index is 13.2. The van der Waals surface area contributed by atoms with Crippen LogP contribution in [0.1, 0.15) is 76.8 Å². The molecule has 33 heavy (non-hydrogen) atoms. The monoisotopic (exact) mass is 447 g/mol. The van der Waals surface area contributed by atoms with E-state index < -0.39 is 5.91 Å². The summed E-state index contributed by atoms with van der Waals surface area (Å²) in [5, 5.41) is 5.28. The van der Waals surface area contributed by atoms with Gasteiger partial charge in [-0.1, -0.05) is 6.07 Å². The molecular weight excluding hydrogens is 418 g/mol. The van der Waals surface area contributed by atoms with Crippen LogP contribution in [-0.4, -0.2) is 50.4 Å². The van der Waals surface area contributed by atoms with Gasteiger partial charge in [-0.15, -0.1) is 0 Å². The summed E-state index contributed by atoms with van der Waals surface area (Å²) in [5.74, 6) is -0.424. The van der Waals surface area contributed by atoms with E-state index in [1.807, 2.05) is 15.8 Å². The third-order valence-corrected chi connectivity index (χ3v) is 7.15. The molecule has 0 atom stereocenters. The lowest BCUT2D eigenvalue weighted by atomic mass is 9.67. The van der Waals surface area contributed by atoms with Crippen LogP contribution in [0.2, 0.25) is 0 Å². The maximum absolute atomic E-state index is 13.2. The normalized spacial score (nSPS) is 18.0. The highest BCUT2D eigenvalue weighted by Gasteiger charge is 2.43. The fourth-order valence-electron chi connectivity index (χ4n) is 5.19. The number of amides is 2. The molecule has 3 aromatic rings. The lowest BCUT2D eigenvalue weighted by Gasteiger charge is -2.43. The number of H-pyrrole nitrogens is 1. The van der Waals surface area contributed by atoms with Gasteiger partial charge in [0.15, 0.2) is 5.78 Å². The zero-order valence-electron chi connectivity index (χ0n) is 19.3. The minimum atomic E-state index is -0.500. The Balaban J connectivity index is 1.31. The molecule has 0 saturated carbocycles. The molecule has 0 bridgehead atoms. The summed E-state index contributed by atoms with van der Waals surface area (Å²) in [5.41, 5.74) is 8.48. The summed E-state index contributed by atoms with van der Waals surface area (Å²) >= 11 is 0. The number of nitrogens with one attached hydrogen (secondary N) is 1. The Hall–Kier alpha value is -3.42. The highest BCUT2D eigenvalue weighted by atomic mass is 16.2. The van der Waals surface area contributed by atoms with Crippen LogP contribution in [0.25, 0.3) is 10.9 Å². The molecule has 1 saturated heterocycles. The summed E-state index contributed by atoms with van der Waals surface area (Å²) in [4.78, 5) is 42.5. The molecule has 1 aliphatic heterocycles. The van der Waals surface area contributed by atoms with Crippen LogP contribution in [0.4, 0.5) is 0 Å². The smallest absolute Gasteiger partial charge is 0.253 e. The van der Waals surface area contributed by atoms with Gasteiger partial charge in [0.25, 0.3) is 11.8 Å². The van der Waals surface area contributed by atoms with Gasteiger partial charge in [0, 0.05) is 53.9 Å². The van der Waals surface area contributed by atoms with Crippen LogP contribution in [0, 0.1) is 5.41 Å². The van der Waals surface area contributed by atoms with Crippen LogP contribution in [0.5, 0.6) is 0 Å². The van der Waals surface area contributed by atoms with E-state index in [1.54, 1.807) is 24.4 Å². The van der Waals surface area contributed by atoms with Crippen LogP contribution < -0.4 is 5.73 Å². The highest BCUT2D eigenvalue weighted by molar-refractivity contribution is 6.07. The number of aromatic nitrogens is 3. The fourth-order valence-corrected chi connectivity index (χ4v) is 5.19. The summed E-state index contributed by atoms with van der Waals surface area (Å²) in [6, 6.07) is 5.28. The molecule has 172 valence electrons. The van der Waals surface area contributed by atoms with Crippen molar-refractivity contribution in [3.63, 3.8) is 0 Å². The van der Waals surface area contributed by atoms with Crippen molar-refractivity contribution in [2.45, 2.75) is 52.0 Å². The summed E-state index contributed by atoms with van der Waals surface area (Å²) < 4.78 is 1.90. The van der Waals surface area contributed by atoms with Crippen LogP contribution in [0.15, 0.2) is 30.6 Å². The third-order valence-electron chi connectivity index (χ3n) is 7.15. The van der Waals surface area contributed by atoms with Gasteiger partial charge in [0.05, 0.1) is 11.1 Å². The Kier molecular flexibility index (Phi) is 4.74. The number of likely N-dealkylation sites (tertiary alicyclic amines) is 1. The number of rotatable bonds is 2. The third kappa shape index (κ3) is 3.63. The SMILES string of the molecule is CC(C)(C)n1cc2c(n1)C(=O)CC1(CCN(C(=O)c3ccc4c(C(N)=O)c[nH]c4c3)CC1)C2.